The lowest BCUT2D eigenvalue weighted by Gasteiger charge is -2.34. The van der Waals surface area contributed by atoms with E-state index in [0.717, 1.165) is 6.20 Å². The molecule has 0 aliphatic rings. The zero-order chi connectivity index (χ0) is 18.9. The van der Waals surface area contributed by atoms with Crippen molar-refractivity contribution in [2.75, 3.05) is 0 Å². The lowest BCUT2D eigenvalue weighted by molar-refractivity contribution is 0.0370. The van der Waals surface area contributed by atoms with Gasteiger partial charge in [0.2, 0.25) is 5.91 Å². The molecule has 1 heterocycles. The van der Waals surface area contributed by atoms with Crippen LogP contribution in [0.3, 0.4) is 0 Å². The van der Waals surface area contributed by atoms with Gasteiger partial charge < -0.3 is 19.3 Å². The van der Waals surface area contributed by atoms with E-state index in [1.54, 1.807) is 41.5 Å². The molecule has 0 aromatic carbocycles. The van der Waals surface area contributed by atoms with E-state index >= 15 is 4.39 Å². The summed E-state index contributed by atoms with van der Waals surface area (Å²) < 4.78 is 39.3. The van der Waals surface area contributed by atoms with Crippen molar-refractivity contribution in [2.45, 2.75) is 72.2 Å². The first-order valence-electron chi connectivity index (χ1n) is 7.63. The first kappa shape index (κ1) is 21.0. The highest BCUT2D eigenvalue weighted by Gasteiger charge is 2.45. The van der Waals surface area contributed by atoms with E-state index in [1.807, 2.05) is 0 Å². The van der Waals surface area contributed by atoms with Gasteiger partial charge in [0.25, 0.3) is 0 Å². The molecule has 0 radical (unpaired) electrons. The minimum atomic E-state index is -4.28. The van der Waals surface area contributed by atoms with Crippen molar-refractivity contribution in [3.63, 3.8) is 0 Å². The van der Waals surface area contributed by atoms with Crippen molar-refractivity contribution in [3.8, 4) is 5.75 Å². The van der Waals surface area contributed by atoms with Gasteiger partial charge in [0.05, 0.1) is 23.5 Å². The highest BCUT2D eigenvalue weighted by atomic mass is 31.2. The van der Waals surface area contributed by atoms with Crippen LogP contribution in [0.4, 0.5) is 4.39 Å². The van der Waals surface area contributed by atoms with Crippen LogP contribution < -0.4 is 0 Å². The van der Waals surface area contributed by atoms with E-state index in [0.29, 0.717) is 0 Å². The molecule has 8 heteroatoms. The zero-order valence-corrected chi connectivity index (χ0v) is 16.1. The van der Waals surface area contributed by atoms with Gasteiger partial charge in [-0.15, -0.1) is 0 Å². The molecule has 2 N–H and O–H groups in total. The third kappa shape index (κ3) is 5.24. The molecule has 1 aromatic rings. The molecule has 1 aromatic heterocycles. The average molecular weight is 363 g/mol. The number of pyridine rings is 1. The van der Waals surface area contributed by atoms with Gasteiger partial charge in [-0.05, 0) is 48.5 Å². The Hall–Kier alpha value is -1.01. The summed E-state index contributed by atoms with van der Waals surface area (Å²) in [6.07, 6.45) is 1.13. The standard InChI is InChI=1S/C16H27FNO5P/c1-10-13(20)12(9-19)11(8-18-10)14(17)24(21,22-15(2,3)4)23-16(5,6)7/h8,14,19-20H,9H2,1-7H3. The molecule has 1 rings (SSSR count). The third-order valence-corrected chi connectivity index (χ3v) is 5.31. The second kappa shape index (κ2) is 7.08. The number of nitrogens with zero attached hydrogens (tertiary/aromatic N) is 1. The summed E-state index contributed by atoms with van der Waals surface area (Å²) in [6, 6.07) is 0. The summed E-state index contributed by atoms with van der Waals surface area (Å²) in [4.78, 5) is 3.88. The van der Waals surface area contributed by atoms with Crippen LogP contribution in [0.5, 0.6) is 5.75 Å². The van der Waals surface area contributed by atoms with Gasteiger partial charge in [-0.3, -0.25) is 9.55 Å². The predicted octanol–water partition coefficient (Wildman–Crippen LogP) is 4.38. The molecule has 24 heavy (non-hydrogen) atoms. The smallest absolute Gasteiger partial charge is 0.370 e. The molecule has 138 valence electrons. The number of aliphatic hydroxyl groups excluding tert-OH is 1. The molecule has 0 saturated heterocycles. The first-order chi connectivity index (χ1) is 10.7. The fraction of sp³-hybridized carbons (Fsp3) is 0.688. The average Bonchev–Trinajstić information content (AvgIpc) is 2.36. The summed E-state index contributed by atoms with van der Waals surface area (Å²) in [5, 5.41) is 19.5. The quantitative estimate of drug-likeness (QED) is 0.755. The molecule has 0 aliphatic heterocycles. The molecule has 0 saturated carbocycles. The maximum absolute atomic E-state index is 15.2. The summed E-state index contributed by atoms with van der Waals surface area (Å²) >= 11 is 0. The van der Waals surface area contributed by atoms with E-state index in [-0.39, 0.29) is 22.6 Å². The largest absolute Gasteiger partial charge is 0.506 e. The van der Waals surface area contributed by atoms with Crippen LogP contribution in [0, 0.1) is 6.92 Å². The number of aliphatic hydroxyl groups is 1. The predicted molar refractivity (Wildman–Crippen MR) is 89.7 cm³/mol. The number of aromatic hydroxyl groups is 1. The van der Waals surface area contributed by atoms with Crippen molar-refractivity contribution in [3.05, 3.63) is 23.0 Å². The summed E-state index contributed by atoms with van der Waals surface area (Å²) in [6.45, 7) is 10.7. The van der Waals surface area contributed by atoms with E-state index in [2.05, 4.69) is 4.98 Å². The molecule has 1 atom stereocenters. The molecular formula is C16H27FNO5P. The molecule has 0 fully saturated rings. The van der Waals surface area contributed by atoms with E-state index < -0.39 is 31.3 Å². The van der Waals surface area contributed by atoms with E-state index in [9.17, 15) is 14.8 Å². The monoisotopic (exact) mass is 363 g/mol. The number of aromatic nitrogens is 1. The van der Waals surface area contributed by atoms with Crippen LogP contribution in [0.2, 0.25) is 0 Å². The molecular weight excluding hydrogens is 336 g/mol. The Bertz CT molecular complexity index is 617. The second-order valence-electron chi connectivity index (χ2n) is 7.57. The molecule has 0 aliphatic carbocycles. The Balaban J connectivity index is 3.44. The van der Waals surface area contributed by atoms with Gasteiger partial charge in [-0.2, -0.15) is 0 Å². The van der Waals surface area contributed by atoms with Crippen molar-refractivity contribution in [1.82, 2.24) is 4.98 Å². The Morgan fingerprint density at radius 1 is 1.21 bits per heavy atom. The second-order valence-corrected chi connectivity index (χ2v) is 9.47. The Morgan fingerprint density at radius 3 is 2.04 bits per heavy atom. The maximum atomic E-state index is 15.2. The maximum Gasteiger partial charge on any atom is 0.370 e. The number of hydrogen-bond donors (Lipinski definition) is 2. The van der Waals surface area contributed by atoms with Crippen LogP contribution in [0.15, 0.2) is 6.20 Å². The van der Waals surface area contributed by atoms with Crippen molar-refractivity contribution in [2.24, 2.45) is 0 Å². The lowest BCUT2D eigenvalue weighted by atomic mass is 10.1. The number of alkyl halides is 1. The molecule has 1 unspecified atom stereocenters. The highest BCUT2D eigenvalue weighted by Crippen LogP contribution is 2.66. The molecule has 6 nitrogen and oxygen atoms in total. The van der Waals surface area contributed by atoms with Crippen molar-refractivity contribution in [1.29, 1.82) is 0 Å². The third-order valence-electron chi connectivity index (χ3n) is 2.87. The number of halogens is 1. The van der Waals surface area contributed by atoms with Gasteiger partial charge >= 0.3 is 7.60 Å². The minimum absolute atomic E-state index is 0.0785. The summed E-state index contributed by atoms with van der Waals surface area (Å²) in [5.41, 5.74) is -1.91. The highest BCUT2D eigenvalue weighted by molar-refractivity contribution is 7.54. The summed E-state index contributed by atoms with van der Waals surface area (Å²) in [7, 11) is -4.28. The number of hydrogen-bond acceptors (Lipinski definition) is 6. The Labute approximate surface area is 142 Å². The van der Waals surface area contributed by atoms with Crippen molar-refractivity contribution < 1.29 is 28.2 Å². The van der Waals surface area contributed by atoms with Crippen LogP contribution in [-0.2, 0) is 20.2 Å². The van der Waals surface area contributed by atoms with Gasteiger partial charge in [-0.1, -0.05) is 0 Å². The van der Waals surface area contributed by atoms with E-state index in [1.165, 1.54) is 6.92 Å². The molecule has 0 bridgehead atoms. The van der Waals surface area contributed by atoms with Gasteiger partial charge in [0.1, 0.15) is 5.75 Å². The first-order valence-corrected chi connectivity index (χ1v) is 9.25. The van der Waals surface area contributed by atoms with Gasteiger partial charge in [0, 0.05) is 17.3 Å². The van der Waals surface area contributed by atoms with E-state index in [4.69, 9.17) is 9.05 Å². The Kier molecular flexibility index (Phi) is 6.21. The fourth-order valence-electron chi connectivity index (χ4n) is 2.08. The fourth-order valence-corrected chi connectivity index (χ4v) is 4.39. The normalized spacial score (nSPS) is 14.7. The Morgan fingerprint density at radius 2 is 1.67 bits per heavy atom. The molecule has 0 spiro atoms. The minimum Gasteiger partial charge on any atom is -0.506 e. The van der Waals surface area contributed by atoms with Crippen LogP contribution in [-0.4, -0.2) is 26.4 Å². The topological polar surface area (TPSA) is 88.9 Å². The van der Waals surface area contributed by atoms with Gasteiger partial charge in [0.15, 0.2) is 0 Å². The van der Waals surface area contributed by atoms with Crippen molar-refractivity contribution >= 4 is 7.60 Å². The number of rotatable bonds is 5. The molecule has 0 amide bonds. The number of aryl methyl sites for hydroxylation is 1. The summed E-state index contributed by atoms with van der Waals surface area (Å²) in [5.74, 6) is -2.53. The van der Waals surface area contributed by atoms with Crippen LogP contribution >= 0.6 is 7.60 Å². The zero-order valence-electron chi connectivity index (χ0n) is 15.3. The SMILES string of the molecule is Cc1ncc(C(F)P(=O)(OC(C)(C)C)OC(C)(C)C)c(CO)c1O. The van der Waals surface area contributed by atoms with Gasteiger partial charge in [-0.25, -0.2) is 4.39 Å². The lowest BCUT2D eigenvalue weighted by Crippen LogP contribution is -2.25. The van der Waals surface area contributed by atoms with Crippen LogP contribution in [0.1, 0.15) is 64.3 Å². The van der Waals surface area contributed by atoms with Crippen LogP contribution in [0.25, 0.3) is 0 Å².